The summed E-state index contributed by atoms with van der Waals surface area (Å²) in [6, 6.07) is 4.53. The van der Waals surface area contributed by atoms with E-state index >= 15 is 0 Å². The van der Waals surface area contributed by atoms with Gasteiger partial charge in [-0.25, -0.2) is 0 Å². The molecule has 1 fully saturated rings. The van der Waals surface area contributed by atoms with Gasteiger partial charge in [-0.1, -0.05) is 0 Å². The Balaban J connectivity index is 2.13. The second-order valence-corrected chi connectivity index (χ2v) is 5.17. The highest BCUT2D eigenvalue weighted by molar-refractivity contribution is 5.94. The molecule has 2 rings (SSSR count). The molecule has 1 aliphatic rings. The highest BCUT2D eigenvalue weighted by Crippen LogP contribution is 2.29. The fourth-order valence-corrected chi connectivity index (χ4v) is 2.63. The number of carbonyl (C=O) groups is 1. The Labute approximate surface area is 122 Å². The predicted octanol–water partition coefficient (Wildman–Crippen LogP) is 2.92. The summed E-state index contributed by atoms with van der Waals surface area (Å²) < 4.78 is 37.6. The van der Waals surface area contributed by atoms with Gasteiger partial charge in [0.15, 0.2) is 0 Å². The Morgan fingerprint density at radius 3 is 2.48 bits per heavy atom. The van der Waals surface area contributed by atoms with Gasteiger partial charge in [0.25, 0.3) is 5.91 Å². The molecule has 0 aromatic heterocycles. The number of alkyl halides is 3. The standard InChI is InChI=1S/C15H19F3N2O/c1-2-20(13-4-3-9-19-10-13)14(21)11-5-7-12(8-6-11)15(16,17)18/h5-8,13,19H,2-4,9-10H2,1H3. The molecule has 0 radical (unpaired) electrons. The summed E-state index contributed by atoms with van der Waals surface area (Å²) in [5, 5.41) is 3.24. The van der Waals surface area contributed by atoms with E-state index in [0.717, 1.165) is 38.1 Å². The average molecular weight is 300 g/mol. The predicted molar refractivity (Wildman–Crippen MR) is 74.0 cm³/mol. The van der Waals surface area contributed by atoms with Crippen LogP contribution in [0.4, 0.5) is 13.2 Å². The Kier molecular flexibility index (Phi) is 4.88. The Bertz CT molecular complexity index is 479. The van der Waals surface area contributed by atoms with Gasteiger partial charge in [0, 0.05) is 24.7 Å². The summed E-state index contributed by atoms with van der Waals surface area (Å²) in [5.41, 5.74) is -0.433. The van der Waals surface area contributed by atoms with Crippen LogP contribution in [0.3, 0.4) is 0 Å². The van der Waals surface area contributed by atoms with Crippen LogP contribution < -0.4 is 5.32 Å². The average Bonchev–Trinajstić information content (AvgIpc) is 2.48. The quantitative estimate of drug-likeness (QED) is 0.931. The lowest BCUT2D eigenvalue weighted by molar-refractivity contribution is -0.137. The highest BCUT2D eigenvalue weighted by Gasteiger charge is 2.31. The molecule has 1 aromatic carbocycles. The molecule has 21 heavy (non-hydrogen) atoms. The minimum absolute atomic E-state index is 0.110. The van der Waals surface area contributed by atoms with Crippen molar-refractivity contribution in [3.63, 3.8) is 0 Å². The molecular weight excluding hydrogens is 281 g/mol. The van der Waals surface area contributed by atoms with Crippen LogP contribution in [0.2, 0.25) is 0 Å². The second-order valence-electron chi connectivity index (χ2n) is 5.17. The number of nitrogens with one attached hydrogen (secondary N) is 1. The fourth-order valence-electron chi connectivity index (χ4n) is 2.63. The van der Waals surface area contributed by atoms with Crippen molar-refractivity contribution in [3.05, 3.63) is 35.4 Å². The van der Waals surface area contributed by atoms with E-state index in [4.69, 9.17) is 0 Å². The van der Waals surface area contributed by atoms with Gasteiger partial charge in [-0.05, 0) is 50.6 Å². The van der Waals surface area contributed by atoms with E-state index in [2.05, 4.69) is 5.32 Å². The minimum Gasteiger partial charge on any atom is -0.335 e. The molecule has 3 nitrogen and oxygen atoms in total. The summed E-state index contributed by atoms with van der Waals surface area (Å²) in [5.74, 6) is -0.208. The Morgan fingerprint density at radius 1 is 1.33 bits per heavy atom. The van der Waals surface area contributed by atoms with Gasteiger partial charge in [-0.3, -0.25) is 4.79 Å². The maximum absolute atomic E-state index is 12.5. The molecule has 1 aromatic rings. The highest BCUT2D eigenvalue weighted by atomic mass is 19.4. The summed E-state index contributed by atoms with van der Waals surface area (Å²) in [4.78, 5) is 14.2. The lowest BCUT2D eigenvalue weighted by atomic mass is 10.0. The summed E-state index contributed by atoms with van der Waals surface area (Å²) in [6.45, 7) is 4.12. The van der Waals surface area contributed by atoms with Crippen molar-refractivity contribution in [1.82, 2.24) is 10.2 Å². The number of hydrogen-bond donors (Lipinski definition) is 1. The van der Waals surface area contributed by atoms with Gasteiger partial charge < -0.3 is 10.2 Å². The Morgan fingerprint density at radius 2 is 2.00 bits per heavy atom. The van der Waals surface area contributed by atoms with E-state index in [1.165, 1.54) is 12.1 Å². The number of likely N-dealkylation sites (N-methyl/N-ethyl adjacent to an activating group) is 1. The lowest BCUT2D eigenvalue weighted by Gasteiger charge is -2.34. The number of nitrogens with zero attached hydrogens (tertiary/aromatic N) is 1. The van der Waals surface area contributed by atoms with Crippen LogP contribution in [0, 0.1) is 0 Å². The number of hydrogen-bond acceptors (Lipinski definition) is 2. The van der Waals surface area contributed by atoms with Crippen molar-refractivity contribution in [2.75, 3.05) is 19.6 Å². The number of benzene rings is 1. The number of piperidine rings is 1. The van der Waals surface area contributed by atoms with Gasteiger partial charge in [-0.2, -0.15) is 13.2 Å². The van der Waals surface area contributed by atoms with Crippen LogP contribution in [-0.4, -0.2) is 36.5 Å². The molecule has 0 spiro atoms. The number of halogens is 3. The van der Waals surface area contributed by atoms with Crippen molar-refractivity contribution in [2.24, 2.45) is 0 Å². The fraction of sp³-hybridized carbons (Fsp3) is 0.533. The van der Waals surface area contributed by atoms with E-state index < -0.39 is 11.7 Å². The summed E-state index contributed by atoms with van der Waals surface area (Å²) in [6.07, 6.45) is -2.45. The van der Waals surface area contributed by atoms with Crippen LogP contribution in [0.1, 0.15) is 35.7 Å². The minimum atomic E-state index is -4.38. The maximum atomic E-state index is 12.5. The Hall–Kier alpha value is -1.56. The molecule has 1 aliphatic heterocycles. The first kappa shape index (κ1) is 15.8. The maximum Gasteiger partial charge on any atom is 0.416 e. The van der Waals surface area contributed by atoms with Crippen molar-refractivity contribution >= 4 is 5.91 Å². The third kappa shape index (κ3) is 3.75. The summed E-state index contributed by atoms with van der Waals surface area (Å²) in [7, 11) is 0. The lowest BCUT2D eigenvalue weighted by Crippen LogP contribution is -2.48. The molecule has 1 unspecified atom stereocenters. The van der Waals surface area contributed by atoms with Gasteiger partial charge in [0.1, 0.15) is 0 Å². The van der Waals surface area contributed by atoms with Crippen LogP contribution in [-0.2, 0) is 6.18 Å². The molecule has 1 N–H and O–H groups in total. The number of carbonyl (C=O) groups excluding carboxylic acids is 1. The molecule has 0 aliphatic carbocycles. The first-order chi connectivity index (χ1) is 9.93. The third-order valence-corrected chi connectivity index (χ3v) is 3.77. The van der Waals surface area contributed by atoms with E-state index in [0.29, 0.717) is 12.1 Å². The molecule has 1 heterocycles. The van der Waals surface area contributed by atoms with Gasteiger partial charge in [0.2, 0.25) is 0 Å². The van der Waals surface area contributed by atoms with E-state index in [9.17, 15) is 18.0 Å². The zero-order chi connectivity index (χ0) is 15.5. The van der Waals surface area contributed by atoms with Gasteiger partial charge in [-0.15, -0.1) is 0 Å². The number of amides is 1. The van der Waals surface area contributed by atoms with Gasteiger partial charge in [0.05, 0.1) is 5.56 Å². The van der Waals surface area contributed by atoms with E-state index in [1.54, 1.807) is 4.90 Å². The molecule has 116 valence electrons. The van der Waals surface area contributed by atoms with Gasteiger partial charge >= 0.3 is 6.18 Å². The smallest absolute Gasteiger partial charge is 0.335 e. The van der Waals surface area contributed by atoms with Crippen LogP contribution in [0.25, 0.3) is 0 Å². The summed E-state index contributed by atoms with van der Waals surface area (Å²) >= 11 is 0. The molecule has 1 saturated heterocycles. The molecule has 1 amide bonds. The second kappa shape index (κ2) is 6.47. The number of rotatable bonds is 3. The monoisotopic (exact) mass is 300 g/mol. The normalized spacial score (nSPS) is 19.3. The van der Waals surface area contributed by atoms with Crippen molar-refractivity contribution in [3.8, 4) is 0 Å². The zero-order valence-corrected chi connectivity index (χ0v) is 11.9. The first-order valence-electron chi connectivity index (χ1n) is 7.12. The molecule has 6 heteroatoms. The first-order valence-corrected chi connectivity index (χ1v) is 7.12. The van der Waals surface area contributed by atoms with Crippen LogP contribution >= 0.6 is 0 Å². The largest absolute Gasteiger partial charge is 0.416 e. The van der Waals surface area contributed by atoms with Crippen molar-refractivity contribution in [2.45, 2.75) is 32.0 Å². The third-order valence-electron chi connectivity index (χ3n) is 3.77. The topological polar surface area (TPSA) is 32.3 Å². The van der Waals surface area contributed by atoms with Crippen LogP contribution in [0.5, 0.6) is 0 Å². The van der Waals surface area contributed by atoms with E-state index in [1.807, 2.05) is 6.92 Å². The van der Waals surface area contributed by atoms with Crippen LogP contribution in [0.15, 0.2) is 24.3 Å². The molecule has 0 bridgehead atoms. The molecule has 1 atom stereocenters. The molecular formula is C15H19F3N2O. The zero-order valence-electron chi connectivity index (χ0n) is 11.9. The molecule has 0 saturated carbocycles. The van der Waals surface area contributed by atoms with Crippen molar-refractivity contribution in [1.29, 1.82) is 0 Å². The van der Waals surface area contributed by atoms with E-state index in [-0.39, 0.29) is 11.9 Å². The SMILES string of the molecule is CCN(C(=O)c1ccc(C(F)(F)F)cc1)C1CCCNC1. The van der Waals surface area contributed by atoms with Crippen molar-refractivity contribution < 1.29 is 18.0 Å².